The lowest BCUT2D eigenvalue weighted by atomic mass is 10.1. The highest BCUT2D eigenvalue weighted by Gasteiger charge is 2.08. The number of rotatable bonds is 12. The van der Waals surface area contributed by atoms with Gasteiger partial charge in [0.2, 0.25) is 0 Å². The predicted molar refractivity (Wildman–Crippen MR) is 80.1 cm³/mol. The summed E-state index contributed by atoms with van der Waals surface area (Å²) in [5.74, 6) is 1.50. The molecule has 0 amide bonds. The van der Waals surface area contributed by atoms with Crippen molar-refractivity contribution in [2.75, 3.05) is 45.9 Å². The van der Waals surface area contributed by atoms with Crippen LogP contribution in [0.4, 0.5) is 0 Å². The molecule has 0 rings (SSSR count). The summed E-state index contributed by atoms with van der Waals surface area (Å²) in [5.41, 5.74) is 0. The van der Waals surface area contributed by atoms with Gasteiger partial charge >= 0.3 is 0 Å². The highest BCUT2D eigenvalue weighted by Crippen LogP contribution is 2.02. The van der Waals surface area contributed by atoms with E-state index in [1.807, 2.05) is 6.92 Å². The number of hydrogen-bond acceptors (Lipinski definition) is 3. The molecule has 0 aliphatic rings. The number of nitrogens with zero attached hydrogens (tertiary/aromatic N) is 1. The van der Waals surface area contributed by atoms with Crippen molar-refractivity contribution < 1.29 is 4.74 Å². The Morgan fingerprint density at radius 2 is 1.61 bits per heavy atom. The summed E-state index contributed by atoms with van der Waals surface area (Å²) in [6, 6.07) is 0. The Morgan fingerprint density at radius 1 is 1.00 bits per heavy atom. The van der Waals surface area contributed by atoms with E-state index in [0.29, 0.717) is 0 Å². The molecule has 0 heterocycles. The first-order valence-electron chi connectivity index (χ1n) is 7.57. The molecule has 0 radical (unpaired) electrons. The van der Waals surface area contributed by atoms with Crippen molar-refractivity contribution in [2.45, 2.75) is 41.0 Å². The van der Waals surface area contributed by atoms with Crippen LogP contribution in [0.1, 0.15) is 41.0 Å². The third-order valence-electron chi connectivity index (χ3n) is 2.70. The van der Waals surface area contributed by atoms with E-state index < -0.39 is 0 Å². The van der Waals surface area contributed by atoms with Gasteiger partial charge in [-0.3, -0.25) is 0 Å². The fourth-order valence-corrected chi connectivity index (χ4v) is 2.10. The standard InChI is InChI=1S/C15H34N2O/c1-6-18-11-7-8-16-9-10-17(12-14(2)3)13-15(4)5/h14-16H,6-13H2,1-5H3. The monoisotopic (exact) mass is 258 g/mol. The van der Waals surface area contributed by atoms with Crippen molar-refractivity contribution in [1.82, 2.24) is 10.2 Å². The van der Waals surface area contributed by atoms with Crippen LogP contribution in [-0.2, 0) is 4.74 Å². The van der Waals surface area contributed by atoms with Crippen LogP contribution >= 0.6 is 0 Å². The lowest BCUT2D eigenvalue weighted by Gasteiger charge is -2.26. The summed E-state index contributed by atoms with van der Waals surface area (Å²) >= 11 is 0. The Morgan fingerprint density at radius 3 is 2.11 bits per heavy atom. The van der Waals surface area contributed by atoms with Gasteiger partial charge in [0.25, 0.3) is 0 Å². The maximum atomic E-state index is 5.32. The van der Waals surface area contributed by atoms with Crippen molar-refractivity contribution in [3.05, 3.63) is 0 Å². The smallest absolute Gasteiger partial charge is 0.0477 e. The van der Waals surface area contributed by atoms with Gasteiger partial charge in [0.1, 0.15) is 0 Å². The van der Waals surface area contributed by atoms with Crippen molar-refractivity contribution in [3.8, 4) is 0 Å². The highest BCUT2D eigenvalue weighted by molar-refractivity contribution is 4.64. The summed E-state index contributed by atoms with van der Waals surface area (Å²) in [6.45, 7) is 18.7. The van der Waals surface area contributed by atoms with E-state index in [1.54, 1.807) is 0 Å². The third kappa shape index (κ3) is 12.3. The molecule has 0 bridgehead atoms. The summed E-state index contributed by atoms with van der Waals surface area (Å²) in [5, 5.41) is 3.50. The van der Waals surface area contributed by atoms with Crippen LogP contribution in [0.3, 0.4) is 0 Å². The number of nitrogens with one attached hydrogen (secondary N) is 1. The van der Waals surface area contributed by atoms with Gasteiger partial charge in [-0.2, -0.15) is 0 Å². The molecule has 1 N–H and O–H groups in total. The second kappa shape index (κ2) is 11.9. The van der Waals surface area contributed by atoms with E-state index in [1.165, 1.54) is 13.1 Å². The van der Waals surface area contributed by atoms with E-state index in [2.05, 4.69) is 37.9 Å². The quantitative estimate of drug-likeness (QED) is 0.545. The molecule has 0 saturated carbocycles. The lowest BCUT2D eigenvalue weighted by molar-refractivity contribution is 0.144. The van der Waals surface area contributed by atoms with Gasteiger partial charge in [-0.25, -0.2) is 0 Å². The summed E-state index contributed by atoms with van der Waals surface area (Å²) < 4.78 is 5.32. The molecular weight excluding hydrogens is 224 g/mol. The minimum Gasteiger partial charge on any atom is -0.382 e. The van der Waals surface area contributed by atoms with E-state index >= 15 is 0 Å². The fraction of sp³-hybridized carbons (Fsp3) is 1.00. The van der Waals surface area contributed by atoms with E-state index in [9.17, 15) is 0 Å². The second-order valence-electron chi connectivity index (χ2n) is 5.85. The molecule has 0 saturated heterocycles. The average Bonchev–Trinajstić information content (AvgIpc) is 2.26. The van der Waals surface area contributed by atoms with Crippen LogP contribution in [0.5, 0.6) is 0 Å². The van der Waals surface area contributed by atoms with E-state index in [0.717, 1.165) is 51.1 Å². The summed E-state index contributed by atoms with van der Waals surface area (Å²) in [6.07, 6.45) is 1.11. The van der Waals surface area contributed by atoms with Crippen LogP contribution in [0.2, 0.25) is 0 Å². The Balaban J connectivity index is 3.56. The van der Waals surface area contributed by atoms with Crippen molar-refractivity contribution in [1.29, 1.82) is 0 Å². The molecule has 0 aliphatic carbocycles. The van der Waals surface area contributed by atoms with Gasteiger partial charge in [0.15, 0.2) is 0 Å². The Bertz CT molecular complexity index is 162. The predicted octanol–water partition coefficient (Wildman–Crippen LogP) is 2.62. The first-order valence-corrected chi connectivity index (χ1v) is 7.57. The lowest BCUT2D eigenvalue weighted by Crippen LogP contribution is -2.37. The van der Waals surface area contributed by atoms with Crippen LogP contribution < -0.4 is 5.32 Å². The molecule has 0 aromatic heterocycles. The van der Waals surface area contributed by atoms with Crippen LogP contribution in [0.15, 0.2) is 0 Å². The zero-order valence-corrected chi connectivity index (χ0v) is 13.2. The molecule has 0 fully saturated rings. The first kappa shape index (κ1) is 17.9. The molecule has 3 heteroatoms. The molecule has 0 aliphatic heterocycles. The van der Waals surface area contributed by atoms with E-state index in [-0.39, 0.29) is 0 Å². The maximum absolute atomic E-state index is 5.32. The van der Waals surface area contributed by atoms with Crippen LogP contribution in [0, 0.1) is 11.8 Å². The molecule has 0 aromatic rings. The third-order valence-corrected chi connectivity index (χ3v) is 2.70. The van der Waals surface area contributed by atoms with Gasteiger partial charge in [-0.1, -0.05) is 27.7 Å². The molecule has 0 aromatic carbocycles. The zero-order valence-electron chi connectivity index (χ0n) is 13.2. The molecule has 18 heavy (non-hydrogen) atoms. The molecule has 0 unspecified atom stereocenters. The number of ether oxygens (including phenoxy) is 1. The normalized spacial score (nSPS) is 12.0. The number of hydrogen-bond donors (Lipinski definition) is 1. The molecule has 110 valence electrons. The molecule has 0 spiro atoms. The minimum absolute atomic E-state index is 0.752. The van der Waals surface area contributed by atoms with Crippen molar-refractivity contribution >= 4 is 0 Å². The van der Waals surface area contributed by atoms with Crippen LogP contribution in [0.25, 0.3) is 0 Å². The van der Waals surface area contributed by atoms with Crippen LogP contribution in [-0.4, -0.2) is 50.8 Å². The van der Waals surface area contributed by atoms with Gasteiger partial charge in [0.05, 0.1) is 0 Å². The first-order chi connectivity index (χ1) is 8.56. The van der Waals surface area contributed by atoms with Crippen molar-refractivity contribution in [3.63, 3.8) is 0 Å². The Kier molecular flexibility index (Phi) is 11.9. The summed E-state index contributed by atoms with van der Waals surface area (Å²) in [4.78, 5) is 2.57. The van der Waals surface area contributed by atoms with Gasteiger partial charge < -0.3 is 15.0 Å². The largest absolute Gasteiger partial charge is 0.382 e. The highest BCUT2D eigenvalue weighted by atomic mass is 16.5. The van der Waals surface area contributed by atoms with Gasteiger partial charge in [0, 0.05) is 39.4 Å². The van der Waals surface area contributed by atoms with Crippen molar-refractivity contribution in [2.24, 2.45) is 11.8 Å². The van der Waals surface area contributed by atoms with Gasteiger partial charge in [-0.05, 0) is 31.7 Å². The van der Waals surface area contributed by atoms with Gasteiger partial charge in [-0.15, -0.1) is 0 Å². The zero-order chi connectivity index (χ0) is 13.8. The fourth-order valence-electron chi connectivity index (χ4n) is 2.10. The maximum Gasteiger partial charge on any atom is 0.0477 e. The average molecular weight is 258 g/mol. The molecular formula is C15H34N2O. The van der Waals surface area contributed by atoms with E-state index in [4.69, 9.17) is 4.74 Å². The second-order valence-corrected chi connectivity index (χ2v) is 5.85. The topological polar surface area (TPSA) is 24.5 Å². The molecule has 0 atom stereocenters. The minimum atomic E-state index is 0.752. The molecule has 3 nitrogen and oxygen atoms in total. The summed E-state index contributed by atoms with van der Waals surface area (Å²) in [7, 11) is 0. The SMILES string of the molecule is CCOCCCNCCN(CC(C)C)CC(C)C. The Hall–Kier alpha value is -0.120. The Labute approximate surface area is 114 Å².